The van der Waals surface area contributed by atoms with E-state index in [-0.39, 0.29) is 5.92 Å². The molecule has 0 radical (unpaired) electrons. The lowest BCUT2D eigenvalue weighted by Crippen LogP contribution is -2.44. The lowest BCUT2D eigenvalue weighted by atomic mass is 9.61. The van der Waals surface area contributed by atoms with Gasteiger partial charge in [-0.1, -0.05) is 43.2 Å². The van der Waals surface area contributed by atoms with Gasteiger partial charge in [-0.25, -0.2) is 0 Å². The van der Waals surface area contributed by atoms with Crippen molar-refractivity contribution in [1.82, 2.24) is 5.32 Å². The molecule has 2 aromatic carbocycles. The number of rotatable bonds is 4. The molecular weight excluding hydrogens is 395 g/mol. The molecule has 4 rings (SSSR count). The Kier molecular flexibility index (Phi) is 5.16. The second kappa shape index (κ2) is 7.52. The Hall–Kier alpha value is -2.70. The third-order valence-electron chi connectivity index (χ3n) is 6.58. The first-order valence-corrected chi connectivity index (χ1v) is 10.0. The summed E-state index contributed by atoms with van der Waals surface area (Å²) in [6.07, 6.45) is -1.57. The number of methoxy groups -OCH3 is 2. The second-order valence-corrected chi connectivity index (χ2v) is 7.93. The van der Waals surface area contributed by atoms with E-state index in [0.29, 0.717) is 17.1 Å². The number of alkyl halides is 3. The van der Waals surface area contributed by atoms with Crippen molar-refractivity contribution < 1.29 is 27.4 Å². The topological polar surface area (TPSA) is 47.6 Å². The van der Waals surface area contributed by atoms with Gasteiger partial charge < -0.3 is 14.8 Å². The second-order valence-electron chi connectivity index (χ2n) is 7.93. The maximum Gasteiger partial charge on any atom is 0.471 e. The molecule has 1 fully saturated rings. The molecule has 0 saturated heterocycles. The summed E-state index contributed by atoms with van der Waals surface area (Å²) in [6.45, 7) is 0. The van der Waals surface area contributed by atoms with Gasteiger partial charge >= 0.3 is 12.1 Å². The molecule has 0 bridgehead atoms. The SMILES string of the molecule is COc1cc2c(cc1OC)[C@@]1(c3ccccc3)CCCC[C@H]1[C@@H]2NC(=O)C(F)(F)F. The highest BCUT2D eigenvalue weighted by atomic mass is 19.4. The molecule has 0 aromatic heterocycles. The third-order valence-corrected chi connectivity index (χ3v) is 6.58. The van der Waals surface area contributed by atoms with Crippen LogP contribution in [0.4, 0.5) is 13.2 Å². The molecule has 0 aliphatic heterocycles. The molecule has 160 valence electrons. The summed E-state index contributed by atoms with van der Waals surface area (Å²) in [6, 6.07) is 12.7. The van der Waals surface area contributed by atoms with Crippen LogP contribution in [0.15, 0.2) is 42.5 Å². The smallest absolute Gasteiger partial charge is 0.471 e. The van der Waals surface area contributed by atoms with Gasteiger partial charge in [0.25, 0.3) is 0 Å². The molecule has 2 aliphatic carbocycles. The number of hydrogen-bond acceptors (Lipinski definition) is 3. The van der Waals surface area contributed by atoms with Crippen LogP contribution in [0.5, 0.6) is 11.5 Å². The van der Waals surface area contributed by atoms with Crippen molar-refractivity contribution in [2.24, 2.45) is 5.92 Å². The van der Waals surface area contributed by atoms with Gasteiger partial charge in [0.1, 0.15) is 0 Å². The van der Waals surface area contributed by atoms with Crippen LogP contribution in [-0.4, -0.2) is 26.3 Å². The van der Waals surface area contributed by atoms with Crippen LogP contribution in [-0.2, 0) is 10.2 Å². The van der Waals surface area contributed by atoms with Crippen LogP contribution in [0.2, 0.25) is 0 Å². The minimum Gasteiger partial charge on any atom is -0.493 e. The van der Waals surface area contributed by atoms with Gasteiger partial charge in [-0.05, 0) is 47.6 Å². The third kappa shape index (κ3) is 3.11. The number of amides is 1. The van der Waals surface area contributed by atoms with Gasteiger partial charge in [0.15, 0.2) is 11.5 Å². The van der Waals surface area contributed by atoms with Crippen molar-refractivity contribution in [1.29, 1.82) is 0 Å². The minimum absolute atomic E-state index is 0.188. The molecule has 4 nitrogen and oxygen atoms in total. The molecule has 2 aliphatic rings. The number of fused-ring (bicyclic) bond motifs is 3. The quantitative estimate of drug-likeness (QED) is 0.766. The molecule has 30 heavy (non-hydrogen) atoms. The first-order chi connectivity index (χ1) is 14.3. The van der Waals surface area contributed by atoms with Crippen molar-refractivity contribution in [3.63, 3.8) is 0 Å². The average molecular weight is 419 g/mol. The molecule has 7 heteroatoms. The maximum absolute atomic E-state index is 13.1. The van der Waals surface area contributed by atoms with E-state index in [0.717, 1.165) is 36.8 Å². The molecule has 1 saturated carbocycles. The van der Waals surface area contributed by atoms with Crippen molar-refractivity contribution in [2.75, 3.05) is 14.2 Å². The van der Waals surface area contributed by atoms with E-state index in [9.17, 15) is 18.0 Å². The van der Waals surface area contributed by atoms with Crippen LogP contribution in [0.25, 0.3) is 0 Å². The number of carbonyl (C=O) groups excluding carboxylic acids is 1. The Morgan fingerprint density at radius 1 is 1.07 bits per heavy atom. The molecule has 1 amide bonds. The summed E-state index contributed by atoms with van der Waals surface area (Å²) >= 11 is 0. The Labute approximate surface area is 173 Å². The zero-order chi connectivity index (χ0) is 21.5. The number of carbonyl (C=O) groups is 1. The molecule has 1 N–H and O–H groups in total. The summed E-state index contributed by atoms with van der Waals surface area (Å²) in [5.41, 5.74) is 2.13. The standard InChI is InChI=1S/C23H24F3NO3/c1-29-18-12-15-17(13-19(18)30-2)22(14-8-4-3-5-9-14)11-7-6-10-16(22)20(15)27-21(28)23(24,25)26/h3-5,8-9,12-13,16,20H,6-7,10-11H2,1-2H3,(H,27,28)/t16-,20+,22+/m0/s1. The number of nitrogens with one attached hydrogen (secondary N) is 1. The highest BCUT2D eigenvalue weighted by Crippen LogP contribution is 2.61. The Bertz CT molecular complexity index is 945. The fourth-order valence-electron chi connectivity index (χ4n) is 5.39. The summed E-state index contributed by atoms with van der Waals surface area (Å²) in [7, 11) is 3.03. The van der Waals surface area contributed by atoms with Gasteiger partial charge in [-0.2, -0.15) is 13.2 Å². The van der Waals surface area contributed by atoms with Crippen LogP contribution in [0, 0.1) is 5.92 Å². The van der Waals surface area contributed by atoms with Crippen LogP contribution < -0.4 is 14.8 Å². The Morgan fingerprint density at radius 2 is 1.73 bits per heavy atom. The van der Waals surface area contributed by atoms with Crippen molar-refractivity contribution in [3.8, 4) is 11.5 Å². The number of hydrogen-bond donors (Lipinski definition) is 1. The fraction of sp³-hybridized carbons (Fsp3) is 0.435. The van der Waals surface area contributed by atoms with Crippen molar-refractivity contribution >= 4 is 5.91 Å². The number of halogens is 3. The van der Waals surface area contributed by atoms with Gasteiger partial charge in [0.05, 0.1) is 20.3 Å². The predicted octanol–water partition coefficient (Wildman–Crippen LogP) is 4.91. The molecular formula is C23H24F3NO3. The van der Waals surface area contributed by atoms with Gasteiger partial charge in [0.2, 0.25) is 0 Å². The van der Waals surface area contributed by atoms with E-state index in [4.69, 9.17) is 9.47 Å². The Morgan fingerprint density at radius 3 is 2.37 bits per heavy atom. The van der Waals surface area contributed by atoms with Crippen LogP contribution in [0.1, 0.15) is 48.4 Å². The van der Waals surface area contributed by atoms with Crippen LogP contribution in [0.3, 0.4) is 0 Å². The zero-order valence-electron chi connectivity index (χ0n) is 16.9. The maximum atomic E-state index is 13.1. The first kappa shape index (κ1) is 20.6. The Balaban J connectivity index is 1.94. The lowest BCUT2D eigenvalue weighted by molar-refractivity contribution is -0.175. The largest absolute Gasteiger partial charge is 0.493 e. The van der Waals surface area contributed by atoms with E-state index in [1.54, 1.807) is 6.07 Å². The van der Waals surface area contributed by atoms with Crippen LogP contribution >= 0.6 is 0 Å². The van der Waals surface area contributed by atoms with E-state index >= 15 is 0 Å². The zero-order valence-corrected chi connectivity index (χ0v) is 16.9. The highest BCUT2D eigenvalue weighted by molar-refractivity contribution is 5.82. The highest BCUT2D eigenvalue weighted by Gasteiger charge is 2.56. The van der Waals surface area contributed by atoms with Gasteiger partial charge in [0, 0.05) is 5.41 Å². The van der Waals surface area contributed by atoms with Gasteiger partial charge in [-0.3, -0.25) is 4.79 Å². The summed E-state index contributed by atoms with van der Waals surface area (Å²) in [4.78, 5) is 11.9. The van der Waals surface area contributed by atoms with E-state index in [1.807, 2.05) is 36.4 Å². The minimum atomic E-state index is -4.94. The van der Waals surface area contributed by atoms with E-state index in [1.165, 1.54) is 14.2 Å². The number of benzene rings is 2. The lowest BCUT2D eigenvalue weighted by Gasteiger charge is -2.42. The van der Waals surface area contributed by atoms with E-state index in [2.05, 4.69) is 5.32 Å². The molecule has 2 aromatic rings. The normalized spacial score (nSPS) is 25.2. The van der Waals surface area contributed by atoms with Gasteiger partial charge in [-0.15, -0.1) is 0 Å². The van der Waals surface area contributed by atoms with Crippen molar-refractivity contribution in [2.45, 2.75) is 43.3 Å². The molecule has 0 spiro atoms. The monoisotopic (exact) mass is 419 g/mol. The fourth-order valence-corrected chi connectivity index (χ4v) is 5.39. The summed E-state index contributed by atoms with van der Waals surface area (Å²) in [5.74, 6) is -1.14. The number of ether oxygens (including phenoxy) is 2. The first-order valence-electron chi connectivity index (χ1n) is 10.0. The van der Waals surface area contributed by atoms with Crippen molar-refractivity contribution in [3.05, 3.63) is 59.2 Å². The average Bonchev–Trinajstić information content (AvgIpc) is 3.02. The predicted molar refractivity (Wildman–Crippen MR) is 106 cm³/mol. The molecule has 0 heterocycles. The van der Waals surface area contributed by atoms with E-state index < -0.39 is 23.5 Å². The molecule has 0 unspecified atom stereocenters. The summed E-state index contributed by atoms with van der Waals surface area (Å²) < 4.78 is 50.3. The molecule has 3 atom stereocenters. The summed E-state index contributed by atoms with van der Waals surface area (Å²) in [5, 5.41) is 2.30.